The number of hydrogen-bond acceptors (Lipinski definition) is 4. The molecular formula is C21H40N4. The fourth-order valence-electron chi connectivity index (χ4n) is 6.02. The average Bonchev–Trinajstić information content (AvgIpc) is 3.02. The van der Waals surface area contributed by atoms with E-state index in [1.807, 2.05) is 0 Å². The lowest BCUT2D eigenvalue weighted by Crippen LogP contribution is -2.56. The van der Waals surface area contributed by atoms with Crippen LogP contribution in [0.3, 0.4) is 0 Å². The lowest BCUT2D eigenvalue weighted by molar-refractivity contribution is 0.0260. The molecule has 0 N–H and O–H groups in total. The van der Waals surface area contributed by atoms with Crippen LogP contribution in [0.2, 0.25) is 0 Å². The van der Waals surface area contributed by atoms with E-state index >= 15 is 0 Å². The van der Waals surface area contributed by atoms with Gasteiger partial charge >= 0.3 is 0 Å². The predicted molar refractivity (Wildman–Crippen MR) is 105 cm³/mol. The van der Waals surface area contributed by atoms with Gasteiger partial charge in [-0.2, -0.15) is 0 Å². The zero-order valence-corrected chi connectivity index (χ0v) is 16.9. The fourth-order valence-corrected chi connectivity index (χ4v) is 6.02. The summed E-state index contributed by atoms with van der Waals surface area (Å²) < 4.78 is 0. The summed E-state index contributed by atoms with van der Waals surface area (Å²) in [5, 5.41) is 0. The monoisotopic (exact) mass is 348 g/mol. The lowest BCUT2D eigenvalue weighted by atomic mass is 9.94. The fraction of sp³-hybridized carbons (Fsp3) is 1.00. The number of piperazine rings is 2. The van der Waals surface area contributed by atoms with E-state index in [9.17, 15) is 0 Å². The highest BCUT2D eigenvalue weighted by atomic mass is 15.3. The van der Waals surface area contributed by atoms with Crippen LogP contribution in [0.5, 0.6) is 0 Å². The molecule has 0 bridgehead atoms. The zero-order valence-electron chi connectivity index (χ0n) is 16.9. The molecular weight excluding hydrogens is 308 g/mol. The summed E-state index contributed by atoms with van der Waals surface area (Å²) >= 11 is 0. The molecule has 0 radical (unpaired) electrons. The molecule has 4 heteroatoms. The van der Waals surface area contributed by atoms with Crippen molar-refractivity contribution in [1.82, 2.24) is 19.6 Å². The quantitative estimate of drug-likeness (QED) is 0.773. The molecule has 4 saturated heterocycles. The Morgan fingerprint density at radius 2 is 1.52 bits per heavy atom. The van der Waals surface area contributed by atoms with Crippen LogP contribution in [-0.2, 0) is 0 Å². The second kappa shape index (κ2) is 7.84. The molecule has 0 aromatic rings. The Morgan fingerprint density at radius 3 is 2.36 bits per heavy atom. The van der Waals surface area contributed by atoms with Crippen molar-refractivity contribution >= 4 is 0 Å². The van der Waals surface area contributed by atoms with Crippen LogP contribution in [0.15, 0.2) is 0 Å². The van der Waals surface area contributed by atoms with Crippen molar-refractivity contribution in [3.63, 3.8) is 0 Å². The Hall–Kier alpha value is -0.160. The maximum Gasteiger partial charge on any atom is 0.0227 e. The molecule has 0 amide bonds. The minimum Gasteiger partial charge on any atom is -0.298 e. The Morgan fingerprint density at radius 1 is 0.760 bits per heavy atom. The third-order valence-corrected chi connectivity index (χ3v) is 7.63. The van der Waals surface area contributed by atoms with E-state index < -0.39 is 0 Å². The molecule has 4 fully saturated rings. The van der Waals surface area contributed by atoms with Crippen LogP contribution in [0.25, 0.3) is 0 Å². The lowest BCUT2D eigenvalue weighted by Gasteiger charge is -2.46. The van der Waals surface area contributed by atoms with E-state index in [0.717, 1.165) is 24.0 Å². The molecule has 144 valence electrons. The van der Waals surface area contributed by atoms with Gasteiger partial charge in [0, 0.05) is 70.0 Å². The maximum absolute atomic E-state index is 2.82. The van der Waals surface area contributed by atoms with E-state index in [1.165, 1.54) is 84.5 Å². The molecule has 4 rings (SSSR count). The highest BCUT2D eigenvalue weighted by Gasteiger charge is 2.38. The van der Waals surface area contributed by atoms with Gasteiger partial charge in [-0.15, -0.1) is 0 Å². The summed E-state index contributed by atoms with van der Waals surface area (Å²) in [6.45, 7) is 17.8. The van der Waals surface area contributed by atoms with Gasteiger partial charge in [-0.05, 0) is 58.9 Å². The SMILES string of the molecule is CC(C)N1CCN2CC(CC(C)N3CCN4CCCCC4C3)CC2C1. The topological polar surface area (TPSA) is 13.0 Å². The van der Waals surface area contributed by atoms with E-state index in [0.29, 0.717) is 6.04 Å². The Kier molecular flexibility index (Phi) is 5.71. The van der Waals surface area contributed by atoms with E-state index in [2.05, 4.69) is 40.4 Å². The number of fused-ring (bicyclic) bond motifs is 2. The van der Waals surface area contributed by atoms with Crippen LogP contribution >= 0.6 is 0 Å². The average molecular weight is 349 g/mol. The summed E-state index contributed by atoms with van der Waals surface area (Å²) in [7, 11) is 0. The molecule has 0 aliphatic carbocycles. The number of hydrogen-bond donors (Lipinski definition) is 0. The molecule has 4 unspecified atom stereocenters. The summed E-state index contributed by atoms with van der Waals surface area (Å²) in [4.78, 5) is 11.1. The summed E-state index contributed by atoms with van der Waals surface area (Å²) in [6.07, 6.45) is 7.18. The molecule has 4 aliphatic heterocycles. The Balaban J connectivity index is 1.27. The van der Waals surface area contributed by atoms with Crippen molar-refractivity contribution < 1.29 is 0 Å². The molecule has 0 aromatic heterocycles. The Labute approximate surface area is 155 Å². The number of piperidine rings is 1. The molecule has 0 saturated carbocycles. The van der Waals surface area contributed by atoms with Gasteiger partial charge in [0.25, 0.3) is 0 Å². The van der Waals surface area contributed by atoms with Gasteiger partial charge in [0.05, 0.1) is 0 Å². The van der Waals surface area contributed by atoms with E-state index in [1.54, 1.807) is 0 Å². The standard InChI is InChI=1S/C21H40N4/c1-17(2)23-9-11-25-14-19(13-21(25)16-23)12-18(3)24-10-8-22-7-5-4-6-20(22)15-24/h17-21H,4-16H2,1-3H3. The van der Waals surface area contributed by atoms with Gasteiger partial charge in [-0.25, -0.2) is 0 Å². The van der Waals surface area contributed by atoms with Gasteiger partial charge in [-0.3, -0.25) is 19.6 Å². The van der Waals surface area contributed by atoms with E-state index in [4.69, 9.17) is 0 Å². The minimum atomic E-state index is 0.715. The van der Waals surface area contributed by atoms with Crippen LogP contribution < -0.4 is 0 Å². The third kappa shape index (κ3) is 4.07. The van der Waals surface area contributed by atoms with Crippen molar-refractivity contribution in [2.45, 2.75) is 77.0 Å². The number of rotatable bonds is 4. The highest BCUT2D eigenvalue weighted by Crippen LogP contribution is 2.31. The molecule has 0 spiro atoms. The first-order valence-corrected chi connectivity index (χ1v) is 11.1. The third-order valence-electron chi connectivity index (χ3n) is 7.63. The van der Waals surface area contributed by atoms with Crippen molar-refractivity contribution in [3.05, 3.63) is 0 Å². The van der Waals surface area contributed by atoms with Crippen LogP contribution in [0.4, 0.5) is 0 Å². The van der Waals surface area contributed by atoms with Crippen LogP contribution in [0.1, 0.15) is 52.9 Å². The molecule has 0 aromatic carbocycles. The molecule has 4 atom stereocenters. The molecule has 4 heterocycles. The van der Waals surface area contributed by atoms with Crippen molar-refractivity contribution in [1.29, 1.82) is 0 Å². The van der Waals surface area contributed by atoms with Gasteiger partial charge < -0.3 is 0 Å². The van der Waals surface area contributed by atoms with Gasteiger partial charge in [0.15, 0.2) is 0 Å². The predicted octanol–water partition coefficient (Wildman–Crippen LogP) is 2.35. The van der Waals surface area contributed by atoms with Gasteiger partial charge in [-0.1, -0.05) is 6.42 Å². The first-order chi connectivity index (χ1) is 12.1. The Bertz CT molecular complexity index is 440. The summed E-state index contributed by atoms with van der Waals surface area (Å²) in [6, 6.07) is 3.19. The highest BCUT2D eigenvalue weighted by molar-refractivity contribution is 4.94. The van der Waals surface area contributed by atoms with E-state index in [-0.39, 0.29) is 0 Å². The first kappa shape index (κ1) is 18.2. The second-order valence-corrected chi connectivity index (χ2v) is 9.60. The second-order valence-electron chi connectivity index (χ2n) is 9.60. The van der Waals surface area contributed by atoms with Crippen molar-refractivity contribution in [2.75, 3.05) is 52.4 Å². The first-order valence-electron chi connectivity index (χ1n) is 11.1. The smallest absolute Gasteiger partial charge is 0.0227 e. The molecule has 25 heavy (non-hydrogen) atoms. The normalized spacial score (nSPS) is 37.2. The zero-order chi connectivity index (χ0) is 17.4. The van der Waals surface area contributed by atoms with Gasteiger partial charge in [0.1, 0.15) is 0 Å². The van der Waals surface area contributed by atoms with Crippen molar-refractivity contribution in [3.8, 4) is 0 Å². The van der Waals surface area contributed by atoms with Crippen LogP contribution in [0, 0.1) is 5.92 Å². The molecule has 4 aliphatic rings. The van der Waals surface area contributed by atoms with Crippen LogP contribution in [-0.4, -0.2) is 96.1 Å². The largest absolute Gasteiger partial charge is 0.298 e. The summed E-state index contributed by atoms with van der Waals surface area (Å²) in [5.74, 6) is 0.927. The number of nitrogens with zero attached hydrogens (tertiary/aromatic N) is 4. The van der Waals surface area contributed by atoms with Gasteiger partial charge in [0.2, 0.25) is 0 Å². The summed E-state index contributed by atoms with van der Waals surface area (Å²) in [5.41, 5.74) is 0. The van der Waals surface area contributed by atoms with Crippen molar-refractivity contribution in [2.24, 2.45) is 5.92 Å². The minimum absolute atomic E-state index is 0.715. The maximum atomic E-state index is 2.82. The molecule has 4 nitrogen and oxygen atoms in total.